The minimum Gasteiger partial charge on any atom is -0.326 e. The monoisotopic (exact) mass is 226 g/mol. The highest BCUT2D eigenvalue weighted by atomic mass is 15.3. The molecule has 0 saturated heterocycles. The van der Waals surface area contributed by atoms with Crippen LogP contribution in [0.3, 0.4) is 0 Å². The number of nitriles is 1. The van der Waals surface area contributed by atoms with E-state index in [0.717, 1.165) is 16.7 Å². The summed E-state index contributed by atoms with van der Waals surface area (Å²) in [5, 5.41) is 12.7. The first kappa shape index (κ1) is 11.4. The lowest BCUT2D eigenvalue weighted by Gasteiger charge is -2.04. The molecule has 0 fully saturated rings. The molecule has 2 N–H and O–H groups in total. The first-order chi connectivity index (χ1) is 8.22. The van der Waals surface area contributed by atoms with Crippen LogP contribution in [0.2, 0.25) is 0 Å². The highest BCUT2D eigenvalue weighted by Gasteiger charge is 2.03. The van der Waals surface area contributed by atoms with Crippen LogP contribution in [0.15, 0.2) is 30.6 Å². The van der Waals surface area contributed by atoms with E-state index < -0.39 is 0 Å². The molecule has 2 aromatic rings. The van der Waals surface area contributed by atoms with E-state index in [4.69, 9.17) is 11.0 Å². The topological polar surface area (TPSA) is 67.6 Å². The Morgan fingerprint density at radius 2 is 2.18 bits per heavy atom. The third-order valence-electron chi connectivity index (χ3n) is 2.57. The smallest absolute Gasteiger partial charge is 0.128 e. The number of rotatable bonds is 3. The molecule has 0 bridgehead atoms. The van der Waals surface area contributed by atoms with E-state index in [1.165, 1.54) is 5.56 Å². The second-order valence-corrected chi connectivity index (χ2v) is 4.00. The van der Waals surface area contributed by atoms with Gasteiger partial charge in [0.1, 0.15) is 6.54 Å². The second kappa shape index (κ2) is 4.81. The number of nitrogens with zero attached hydrogens (tertiary/aromatic N) is 3. The van der Waals surface area contributed by atoms with Gasteiger partial charge in [0.15, 0.2) is 0 Å². The molecular formula is C13H14N4. The first-order valence-electron chi connectivity index (χ1n) is 5.43. The third-order valence-corrected chi connectivity index (χ3v) is 2.57. The summed E-state index contributed by atoms with van der Waals surface area (Å²) in [6.07, 6.45) is 3.64. The molecule has 86 valence electrons. The maximum atomic E-state index is 8.60. The van der Waals surface area contributed by atoms with Crippen LogP contribution in [0, 0.1) is 18.3 Å². The van der Waals surface area contributed by atoms with Crippen LogP contribution in [0.5, 0.6) is 0 Å². The summed E-state index contributed by atoms with van der Waals surface area (Å²) >= 11 is 0. The summed E-state index contributed by atoms with van der Waals surface area (Å²) in [5.74, 6) is 0. The number of aryl methyl sites for hydroxylation is 1. The molecular weight excluding hydrogens is 212 g/mol. The van der Waals surface area contributed by atoms with Crippen LogP contribution in [-0.2, 0) is 13.1 Å². The molecule has 2 rings (SSSR count). The lowest BCUT2D eigenvalue weighted by atomic mass is 10.0. The van der Waals surface area contributed by atoms with Crippen molar-refractivity contribution in [1.82, 2.24) is 9.78 Å². The van der Waals surface area contributed by atoms with E-state index in [-0.39, 0.29) is 6.54 Å². The van der Waals surface area contributed by atoms with Crippen molar-refractivity contribution in [3.63, 3.8) is 0 Å². The van der Waals surface area contributed by atoms with Crippen LogP contribution in [0.1, 0.15) is 11.1 Å². The third kappa shape index (κ3) is 2.52. The first-order valence-corrected chi connectivity index (χ1v) is 5.43. The zero-order valence-electron chi connectivity index (χ0n) is 9.72. The molecule has 0 atom stereocenters. The molecule has 0 saturated carbocycles. The number of hydrogen-bond donors (Lipinski definition) is 1. The van der Waals surface area contributed by atoms with Gasteiger partial charge >= 0.3 is 0 Å². The molecule has 0 unspecified atom stereocenters. The molecule has 1 aromatic carbocycles. The minimum absolute atomic E-state index is 0.273. The second-order valence-electron chi connectivity index (χ2n) is 4.00. The lowest BCUT2D eigenvalue weighted by Crippen LogP contribution is -1.97. The van der Waals surface area contributed by atoms with E-state index in [1.807, 2.05) is 13.1 Å². The van der Waals surface area contributed by atoms with Crippen molar-refractivity contribution >= 4 is 0 Å². The maximum Gasteiger partial charge on any atom is 0.128 e. The fourth-order valence-electron chi connectivity index (χ4n) is 1.82. The number of aromatic nitrogens is 2. The van der Waals surface area contributed by atoms with Gasteiger partial charge in [0.25, 0.3) is 0 Å². The molecule has 0 aliphatic rings. The van der Waals surface area contributed by atoms with E-state index in [2.05, 4.69) is 29.4 Å². The van der Waals surface area contributed by atoms with E-state index in [1.54, 1.807) is 10.9 Å². The Bertz CT molecular complexity index is 563. The van der Waals surface area contributed by atoms with Crippen LogP contribution in [0.4, 0.5) is 0 Å². The Balaban J connectivity index is 2.38. The highest BCUT2D eigenvalue weighted by Crippen LogP contribution is 2.21. The van der Waals surface area contributed by atoms with Crippen molar-refractivity contribution < 1.29 is 0 Å². The largest absolute Gasteiger partial charge is 0.326 e. The Labute approximate surface area is 100 Å². The molecule has 1 heterocycles. The molecule has 0 aliphatic carbocycles. The fraction of sp³-hybridized carbons (Fsp3) is 0.231. The van der Waals surface area contributed by atoms with Gasteiger partial charge in [0.2, 0.25) is 0 Å². The summed E-state index contributed by atoms with van der Waals surface area (Å²) in [7, 11) is 0. The van der Waals surface area contributed by atoms with E-state index >= 15 is 0 Å². The SMILES string of the molecule is Cc1cc(CN)cc(-c2cnn(CC#N)c2)c1. The molecule has 0 amide bonds. The van der Waals surface area contributed by atoms with Gasteiger partial charge in [-0.05, 0) is 24.1 Å². The summed E-state index contributed by atoms with van der Waals surface area (Å²) in [6.45, 7) is 2.85. The normalized spacial score (nSPS) is 10.2. The molecule has 0 aliphatic heterocycles. The van der Waals surface area contributed by atoms with Crippen molar-refractivity contribution in [3.05, 3.63) is 41.7 Å². The zero-order chi connectivity index (χ0) is 12.3. The van der Waals surface area contributed by atoms with Crippen molar-refractivity contribution in [2.75, 3.05) is 0 Å². The van der Waals surface area contributed by atoms with E-state index in [0.29, 0.717) is 6.54 Å². The van der Waals surface area contributed by atoms with Crippen molar-refractivity contribution in [2.45, 2.75) is 20.0 Å². The van der Waals surface area contributed by atoms with E-state index in [9.17, 15) is 0 Å². The summed E-state index contributed by atoms with van der Waals surface area (Å²) in [5.41, 5.74) is 10.0. The van der Waals surface area contributed by atoms with Crippen LogP contribution in [-0.4, -0.2) is 9.78 Å². The number of nitrogens with two attached hydrogens (primary N) is 1. The van der Waals surface area contributed by atoms with Gasteiger partial charge in [-0.1, -0.05) is 17.7 Å². The summed E-state index contributed by atoms with van der Waals surface area (Å²) < 4.78 is 1.62. The van der Waals surface area contributed by atoms with Gasteiger partial charge in [-0.2, -0.15) is 10.4 Å². The Kier molecular flexibility index (Phi) is 3.22. The molecule has 1 aromatic heterocycles. The maximum absolute atomic E-state index is 8.60. The standard InChI is InChI=1S/C13H14N4/c1-10-4-11(7-15)6-12(5-10)13-8-16-17(9-13)3-2-14/h4-6,8-9H,3,7,15H2,1H3. The Hall–Kier alpha value is -2.12. The fourth-order valence-corrected chi connectivity index (χ4v) is 1.82. The summed E-state index contributed by atoms with van der Waals surface area (Å²) in [6, 6.07) is 8.28. The van der Waals surface area contributed by atoms with Gasteiger partial charge < -0.3 is 5.73 Å². The van der Waals surface area contributed by atoms with Crippen LogP contribution >= 0.6 is 0 Å². The summed E-state index contributed by atoms with van der Waals surface area (Å²) in [4.78, 5) is 0. The number of hydrogen-bond acceptors (Lipinski definition) is 3. The molecule has 4 heteroatoms. The lowest BCUT2D eigenvalue weighted by molar-refractivity contribution is 0.710. The molecule has 0 radical (unpaired) electrons. The van der Waals surface area contributed by atoms with Crippen molar-refractivity contribution in [1.29, 1.82) is 5.26 Å². The average molecular weight is 226 g/mol. The van der Waals surface area contributed by atoms with Gasteiger partial charge in [-0.25, -0.2) is 0 Å². The van der Waals surface area contributed by atoms with Crippen molar-refractivity contribution in [3.8, 4) is 17.2 Å². The predicted molar refractivity (Wildman–Crippen MR) is 65.9 cm³/mol. The molecule has 0 spiro atoms. The van der Waals surface area contributed by atoms with Gasteiger partial charge in [0, 0.05) is 18.3 Å². The van der Waals surface area contributed by atoms with Crippen molar-refractivity contribution in [2.24, 2.45) is 5.73 Å². The van der Waals surface area contributed by atoms with Crippen LogP contribution in [0.25, 0.3) is 11.1 Å². The molecule has 4 nitrogen and oxygen atoms in total. The molecule has 17 heavy (non-hydrogen) atoms. The quantitative estimate of drug-likeness (QED) is 0.868. The Morgan fingerprint density at radius 1 is 1.35 bits per heavy atom. The Morgan fingerprint density at radius 3 is 2.88 bits per heavy atom. The van der Waals surface area contributed by atoms with Gasteiger partial charge in [-0.15, -0.1) is 0 Å². The average Bonchev–Trinajstić information content (AvgIpc) is 2.77. The minimum atomic E-state index is 0.273. The number of benzene rings is 1. The highest BCUT2D eigenvalue weighted by molar-refractivity contribution is 5.63. The van der Waals surface area contributed by atoms with Gasteiger partial charge in [-0.3, -0.25) is 4.68 Å². The zero-order valence-corrected chi connectivity index (χ0v) is 9.72. The van der Waals surface area contributed by atoms with Crippen LogP contribution < -0.4 is 5.73 Å². The predicted octanol–water partition coefficient (Wildman–Crippen LogP) is 1.84. The van der Waals surface area contributed by atoms with Gasteiger partial charge in [0.05, 0.1) is 12.3 Å².